The molecule has 1 heterocycles. The molecule has 0 bridgehead atoms. The minimum absolute atomic E-state index is 0.0472. The SMILES string of the molecule is Nc1ccc(C(=O)N[C@@H]2CCSc3ccccc32)cc1[N+](=O)[O-]. The highest BCUT2D eigenvalue weighted by molar-refractivity contribution is 7.99. The van der Waals surface area contributed by atoms with E-state index in [4.69, 9.17) is 5.73 Å². The number of thioether (sulfide) groups is 1. The standard InChI is InChI=1S/C16H15N3O3S/c17-12-6-5-10(9-14(12)19(21)22)16(20)18-13-7-8-23-15-4-2-1-3-11(13)15/h1-6,9,13H,7-8,17H2,(H,18,20)/t13-/m1/s1. The first kappa shape index (κ1) is 15.4. The highest BCUT2D eigenvalue weighted by atomic mass is 32.2. The van der Waals surface area contributed by atoms with Crippen LogP contribution in [0.25, 0.3) is 0 Å². The molecule has 1 amide bonds. The number of benzene rings is 2. The van der Waals surface area contributed by atoms with E-state index < -0.39 is 4.92 Å². The van der Waals surface area contributed by atoms with Gasteiger partial charge >= 0.3 is 0 Å². The van der Waals surface area contributed by atoms with Crippen molar-refractivity contribution in [2.24, 2.45) is 0 Å². The second-order valence-electron chi connectivity index (χ2n) is 5.23. The van der Waals surface area contributed by atoms with Crippen LogP contribution in [-0.4, -0.2) is 16.6 Å². The van der Waals surface area contributed by atoms with Gasteiger partial charge in [-0.15, -0.1) is 11.8 Å². The van der Waals surface area contributed by atoms with E-state index in [0.717, 1.165) is 22.6 Å². The van der Waals surface area contributed by atoms with Crippen LogP contribution in [0.15, 0.2) is 47.4 Å². The highest BCUT2D eigenvalue weighted by Crippen LogP contribution is 2.36. The van der Waals surface area contributed by atoms with Crippen LogP contribution in [0, 0.1) is 10.1 Å². The van der Waals surface area contributed by atoms with Crippen molar-refractivity contribution in [2.75, 3.05) is 11.5 Å². The first-order valence-corrected chi connectivity index (χ1v) is 8.11. The summed E-state index contributed by atoms with van der Waals surface area (Å²) in [6, 6.07) is 12.0. The normalized spacial score (nSPS) is 16.4. The molecule has 1 aliphatic heterocycles. The molecule has 6 nitrogen and oxygen atoms in total. The van der Waals surface area contributed by atoms with Crippen molar-refractivity contribution in [3.8, 4) is 0 Å². The van der Waals surface area contributed by atoms with Crippen molar-refractivity contribution in [2.45, 2.75) is 17.4 Å². The molecule has 0 aromatic heterocycles. The van der Waals surface area contributed by atoms with Gasteiger partial charge in [0.25, 0.3) is 11.6 Å². The van der Waals surface area contributed by atoms with Gasteiger partial charge in [-0.2, -0.15) is 0 Å². The van der Waals surface area contributed by atoms with Crippen LogP contribution in [0.2, 0.25) is 0 Å². The highest BCUT2D eigenvalue weighted by Gasteiger charge is 2.23. The molecule has 1 atom stereocenters. The second-order valence-corrected chi connectivity index (χ2v) is 6.37. The first-order valence-electron chi connectivity index (χ1n) is 7.13. The Hall–Kier alpha value is -2.54. The predicted molar refractivity (Wildman–Crippen MR) is 89.5 cm³/mol. The molecule has 0 saturated carbocycles. The van der Waals surface area contributed by atoms with Crippen molar-refractivity contribution >= 4 is 29.0 Å². The average molecular weight is 329 g/mol. The molecule has 1 aliphatic rings. The monoisotopic (exact) mass is 329 g/mol. The third-order valence-corrected chi connectivity index (χ3v) is 4.88. The molecular formula is C16H15N3O3S. The zero-order chi connectivity index (χ0) is 16.4. The Kier molecular flexibility index (Phi) is 4.20. The number of fused-ring (bicyclic) bond motifs is 1. The summed E-state index contributed by atoms with van der Waals surface area (Å²) in [5.74, 6) is 0.587. The Morgan fingerprint density at radius 2 is 2.09 bits per heavy atom. The number of amides is 1. The van der Waals surface area contributed by atoms with Crippen molar-refractivity contribution in [3.63, 3.8) is 0 Å². The summed E-state index contributed by atoms with van der Waals surface area (Å²) in [6.45, 7) is 0. The number of nitro benzene ring substituents is 1. The number of nitrogens with one attached hydrogen (secondary N) is 1. The van der Waals surface area contributed by atoms with Gasteiger partial charge in [-0.3, -0.25) is 14.9 Å². The molecule has 0 fully saturated rings. The predicted octanol–water partition coefficient (Wildman–Crippen LogP) is 3.14. The lowest BCUT2D eigenvalue weighted by Crippen LogP contribution is -2.30. The topological polar surface area (TPSA) is 98.3 Å². The van der Waals surface area contributed by atoms with Crippen LogP contribution in [0.4, 0.5) is 11.4 Å². The fourth-order valence-electron chi connectivity index (χ4n) is 2.58. The molecule has 23 heavy (non-hydrogen) atoms. The van der Waals surface area contributed by atoms with E-state index >= 15 is 0 Å². The van der Waals surface area contributed by atoms with Crippen LogP contribution in [0.5, 0.6) is 0 Å². The largest absolute Gasteiger partial charge is 0.393 e. The molecule has 0 saturated heterocycles. The molecule has 3 rings (SSSR count). The fourth-order valence-corrected chi connectivity index (χ4v) is 3.70. The van der Waals surface area contributed by atoms with E-state index in [1.807, 2.05) is 24.3 Å². The maximum atomic E-state index is 12.4. The molecule has 118 valence electrons. The Morgan fingerprint density at radius 1 is 1.30 bits per heavy atom. The van der Waals surface area contributed by atoms with Gasteiger partial charge in [0.1, 0.15) is 5.69 Å². The number of hydrogen-bond donors (Lipinski definition) is 2. The minimum Gasteiger partial charge on any atom is -0.393 e. The number of nitrogens with two attached hydrogens (primary N) is 1. The van der Waals surface area contributed by atoms with Crippen LogP contribution < -0.4 is 11.1 Å². The van der Waals surface area contributed by atoms with Crippen LogP contribution in [0.3, 0.4) is 0 Å². The number of hydrogen-bond acceptors (Lipinski definition) is 5. The fraction of sp³-hybridized carbons (Fsp3) is 0.188. The van der Waals surface area contributed by atoms with Crippen molar-refractivity contribution < 1.29 is 9.72 Å². The van der Waals surface area contributed by atoms with E-state index in [0.29, 0.717) is 0 Å². The van der Waals surface area contributed by atoms with E-state index in [1.54, 1.807) is 11.8 Å². The maximum absolute atomic E-state index is 12.4. The van der Waals surface area contributed by atoms with Crippen LogP contribution in [0.1, 0.15) is 28.4 Å². The van der Waals surface area contributed by atoms with E-state index in [1.165, 1.54) is 18.2 Å². The molecule has 0 spiro atoms. The third-order valence-electron chi connectivity index (χ3n) is 3.75. The van der Waals surface area contributed by atoms with Crippen molar-refractivity contribution in [3.05, 3.63) is 63.7 Å². The van der Waals surface area contributed by atoms with Crippen molar-refractivity contribution in [1.82, 2.24) is 5.32 Å². The summed E-state index contributed by atoms with van der Waals surface area (Å²) < 4.78 is 0. The smallest absolute Gasteiger partial charge is 0.292 e. The van der Waals surface area contributed by atoms with Gasteiger partial charge in [-0.25, -0.2) is 0 Å². The van der Waals surface area contributed by atoms with Gasteiger partial charge in [-0.05, 0) is 30.2 Å². The number of carbonyl (C=O) groups is 1. The Labute approximate surface area is 137 Å². The summed E-state index contributed by atoms with van der Waals surface area (Å²) in [4.78, 5) is 23.9. The first-order chi connectivity index (χ1) is 11.1. The van der Waals surface area contributed by atoms with Gasteiger partial charge < -0.3 is 11.1 Å². The summed E-state index contributed by atoms with van der Waals surface area (Å²) in [7, 11) is 0. The number of nitrogens with zero attached hydrogens (tertiary/aromatic N) is 1. The summed E-state index contributed by atoms with van der Waals surface area (Å²) in [6.07, 6.45) is 0.824. The molecule has 3 N–H and O–H groups in total. The Morgan fingerprint density at radius 3 is 2.87 bits per heavy atom. The number of anilines is 1. The molecule has 7 heteroatoms. The van der Waals surface area contributed by atoms with Crippen LogP contribution in [-0.2, 0) is 0 Å². The van der Waals surface area contributed by atoms with Gasteiger partial charge in [0.2, 0.25) is 0 Å². The third kappa shape index (κ3) is 3.14. The van der Waals surface area contributed by atoms with Gasteiger partial charge in [0.05, 0.1) is 11.0 Å². The molecule has 2 aromatic rings. The lowest BCUT2D eigenvalue weighted by molar-refractivity contribution is -0.383. The Balaban J connectivity index is 1.83. The molecule has 0 aliphatic carbocycles. The zero-order valence-electron chi connectivity index (χ0n) is 12.2. The van der Waals surface area contributed by atoms with E-state index in [-0.39, 0.29) is 28.9 Å². The average Bonchev–Trinajstić information content (AvgIpc) is 2.55. The summed E-state index contributed by atoms with van der Waals surface area (Å²) in [5.41, 5.74) is 6.68. The molecular weight excluding hydrogens is 314 g/mol. The number of rotatable bonds is 3. The lowest BCUT2D eigenvalue weighted by Gasteiger charge is -2.25. The second kappa shape index (κ2) is 6.29. The molecule has 0 unspecified atom stereocenters. The van der Waals surface area contributed by atoms with Crippen LogP contribution >= 0.6 is 11.8 Å². The van der Waals surface area contributed by atoms with E-state index in [2.05, 4.69) is 5.32 Å². The summed E-state index contributed by atoms with van der Waals surface area (Å²) >= 11 is 1.77. The van der Waals surface area contributed by atoms with Crippen molar-refractivity contribution in [1.29, 1.82) is 0 Å². The number of carbonyl (C=O) groups excluding carboxylic acids is 1. The number of nitro groups is 1. The maximum Gasteiger partial charge on any atom is 0.292 e. The van der Waals surface area contributed by atoms with Gasteiger partial charge in [0, 0.05) is 22.3 Å². The minimum atomic E-state index is -0.585. The zero-order valence-corrected chi connectivity index (χ0v) is 13.0. The molecule has 0 radical (unpaired) electrons. The summed E-state index contributed by atoms with van der Waals surface area (Å²) in [5, 5.41) is 13.9. The Bertz CT molecular complexity index is 779. The number of nitrogen functional groups attached to an aromatic ring is 1. The van der Waals surface area contributed by atoms with Gasteiger partial charge in [0.15, 0.2) is 0 Å². The molecule has 2 aromatic carbocycles. The lowest BCUT2D eigenvalue weighted by atomic mass is 10.0. The quantitative estimate of drug-likeness (QED) is 0.512. The van der Waals surface area contributed by atoms with Gasteiger partial charge in [-0.1, -0.05) is 18.2 Å². The van der Waals surface area contributed by atoms with E-state index in [9.17, 15) is 14.9 Å².